The van der Waals surface area contributed by atoms with Crippen LogP contribution in [0.4, 0.5) is 4.79 Å². The normalized spacial score (nSPS) is 32.4. The van der Waals surface area contributed by atoms with Gasteiger partial charge in [0.15, 0.2) is 0 Å². The summed E-state index contributed by atoms with van der Waals surface area (Å²) in [6.07, 6.45) is 6.82. The van der Waals surface area contributed by atoms with E-state index in [4.69, 9.17) is 0 Å². The van der Waals surface area contributed by atoms with Gasteiger partial charge in [0.2, 0.25) is 0 Å². The van der Waals surface area contributed by atoms with E-state index in [1.165, 1.54) is 24.0 Å². The fourth-order valence-corrected chi connectivity index (χ4v) is 6.33. The van der Waals surface area contributed by atoms with Gasteiger partial charge in [-0.15, -0.1) is 0 Å². The van der Waals surface area contributed by atoms with Gasteiger partial charge in [-0.2, -0.15) is 0 Å². The highest BCUT2D eigenvalue weighted by Crippen LogP contribution is 2.48. The lowest BCUT2D eigenvalue weighted by atomic mass is 9.68. The SMILES string of the molecule is CNC1(c2ccccc2)CCC2(CC1)CN(Cc1ccccc1)C(=O)N2CC1CCC1C. The molecule has 0 radical (unpaired) electrons. The van der Waals surface area contributed by atoms with Gasteiger partial charge in [0, 0.05) is 25.2 Å². The Balaban J connectivity index is 1.39. The summed E-state index contributed by atoms with van der Waals surface area (Å²) in [4.78, 5) is 18.1. The van der Waals surface area contributed by atoms with Gasteiger partial charge in [0.25, 0.3) is 0 Å². The minimum Gasteiger partial charge on any atom is -0.318 e. The minimum absolute atomic E-state index is 0.0117. The van der Waals surface area contributed by atoms with Crippen molar-refractivity contribution >= 4 is 6.03 Å². The van der Waals surface area contributed by atoms with Crippen molar-refractivity contribution in [1.29, 1.82) is 0 Å². The highest BCUT2D eigenvalue weighted by atomic mass is 16.2. The molecule has 3 fully saturated rings. The quantitative estimate of drug-likeness (QED) is 0.665. The van der Waals surface area contributed by atoms with Crippen LogP contribution in [0.1, 0.15) is 56.6 Å². The van der Waals surface area contributed by atoms with E-state index < -0.39 is 0 Å². The van der Waals surface area contributed by atoms with Crippen LogP contribution in [-0.4, -0.2) is 41.5 Å². The molecule has 1 N–H and O–H groups in total. The fourth-order valence-electron chi connectivity index (χ4n) is 6.33. The molecule has 170 valence electrons. The second-order valence-electron chi connectivity index (χ2n) is 10.5. The number of urea groups is 1. The third-order valence-electron chi connectivity index (χ3n) is 8.83. The lowest BCUT2D eigenvalue weighted by Gasteiger charge is -2.50. The van der Waals surface area contributed by atoms with Gasteiger partial charge in [0.1, 0.15) is 0 Å². The van der Waals surface area contributed by atoms with E-state index in [2.05, 4.69) is 83.7 Å². The number of hydrogen-bond donors (Lipinski definition) is 1. The van der Waals surface area contributed by atoms with E-state index in [1.54, 1.807) is 0 Å². The first kappa shape index (κ1) is 21.5. The molecule has 2 saturated carbocycles. The van der Waals surface area contributed by atoms with Crippen LogP contribution < -0.4 is 5.32 Å². The number of benzene rings is 2. The van der Waals surface area contributed by atoms with Crippen molar-refractivity contribution in [2.24, 2.45) is 11.8 Å². The lowest BCUT2D eigenvalue weighted by Crippen LogP contribution is -2.56. The maximum absolute atomic E-state index is 13.7. The number of nitrogens with zero attached hydrogens (tertiary/aromatic N) is 2. The van der Waals surface area contributed by atoms with E-state index in [1.807, 2.05) is 6.07 Å². The van der Waals surface area contributed by atoms with E-state index in [-0.39, 0.29) is 17.1 Å². The van der Waals surface area contributed by atoms with Gasteiger partial charge in [-0.1, -0.05) is 74.0 Å². The Kier molecular flexibility index (Phi) is 5.75. The van der Waals surface area contributed by atoms with Crippen molar-refractivity contribution in [2.45, 2.75) is 63.1 Å². The highest BCUT2D eigenvalue weighted by molar-refractivity contribution is 5.78. The number of rotatable bonds is 6. The van der Waals surface area contributed by atoms with Crippen molar-refractivity contribution < 1.29 is 4.79 Å². The molecule has 2 aromatic carbocycles. The second-order valence-corrected chi connectivity index (χ2v) is 10.5. The predicted octanol–water partition coefficient (Wildman–Crippen LogP) is 5.40. The van der Waals surface area contributed by atoms with Gasteiger partial charge in [0.05, 0.1) is 5.54 Å². The van der Waals surface area contributed by atoms with Crippen molar-refractivity contribution in [3.8, 4) is 0 Å². The summed E-state index contributed by atoms with van der Waals surface area (Å²) in [5, 5.41) is 3.67. The summed E-state index contributed by atoms with van der Waals surface area (Å²) in [5.41, 5.74) is 2.58. The molecule has 5 rings (SSSR count). The van der Waals surface area contributed by atoms with Crippen LogP contribution in [-0.2, 0) is 12.1 Å². The zero-order valence-electron chi connectivity index (χ0n) is 19.6. The Hall–Kier alpha value is -2.33. The smallest absolute Gasteiger partial charge is 0.318 e. The first-order chi connectivity index (χ1) is 15.6. The van der Waals surface area contributed by atoms with Crippen LogP contribution in [0, 0.1) is 11.8 Å². The molecule has 2 atom stereocenters. The number of amides is 2. The van der Waals surface area contributed by atoms with E-state index in [0.717, 1.165) is 44.7 Å². The molecule has 3 aliphatic rings. The average Bonchev–Trinajstić information content (AvgIpc) is 3.08. The predicted molar refractivity (Wildman–Crippen MR) is 129 cm³/mol. The Morgan fingerprint density at radius 2 is 1.59 bits per heavy atom. The fraction of sp³-hybridized carbons (Fsp3) is 0.536. The lowest BCUT2D eigenvalue weighted by molar-refractivity contribution is 0.0443. The molecule has 4 heteroatoms. The molecule has 1 aliphatic heterocycles. The van der Waals surface area contributed by atoms with Gasteiger partial charge in [-0.05, 0) is 62.1 Å². The Labute approximate surface area is 193 Å². The molecule has 2 aromatic rings. The van der Waals surface area contributed by atoms with Crippen LogP contribution in [0.2, 0.25) is 0 Å². The molecule has 2 unspecified atom stereocenters. The number of carbonyl (C=O) groups excluding carboxylic acids is 1. The van der Waals surface area contributed by atoms with Crippen LogP contribution in [0.3, 0.4) is 0 Å². The van der Waals surface area contributed by atoms with E-state index in [9.17, 15) is 4.79 Å². The third-order valence-corrected chi connectivity index (χ3v) is 8.83. The molecule has 1 saturated heterocycles. The highest BCUT2D eigenvalue weighted by Gasteiger charge is 2.54. The van der Waals surface area contributed by atoms with Crippen molar-refractivity contribution in [3.63, 3.8) is 0 Å². The van der Waals surface area contributed by atoms with Crippen LogP contribution >= 0.6 is 0 Å². The molecule has 0 bridgehead atoms. The molecule has 2 aliphatic carbocycles. The summed E-state index contributed by atoms with van der Waals surface area (Å²) >= 11 is 0. The van der Waals surface area contributed by atoms with Crippen molar-refractivity contribution in [3.05, 3.63) is 71.8 Å². The molecule has 0 aromatic heterocycles. The van der Waals surface area contributed by atoms with Crippen LogP contribution in [0.5, 0.6) is 0 Å². The second kappa shape index (κ2) is 8.55. The zero-order valence-corrected chi connectivity index (χ0v) is 19.6. The standard InChI is InChI=1S/C28H37N3O/c1-22-13-14-24(22)20-31-26(32)30(19-23-9-5-3-6-10-23)21-27(31)15-17-28(29-2,18-16-27)25-11-7-4-8-12-25/h3-12,22,24,29H,13-21H2,1-2H3. The monoisotopic (exact) mass is 431 g/mol. The molecular weight excluding hydrogens is 394 g/mol. The summed E-state index contributed by atoms with van der Waals surface area (Å²) in [6, 6.07) is 21.6. The summed E-state index contributed by atoms with van der Waals surface area (Å²) in [6.45, 7) is 4.86. The Morgan fingerprint density at radius 3 is 2.16 bits per heavy atom. The maximum Gasteiger partial charge on any atom is 0.320 e. The van der Waals surface area contributed by atoms with Gasteiger partial charge in [-0.3, -0.25) is 0 Å². The number of nitrogens with one attached hydrogen (secondary N) is 1. The Bertz CT molecular complexity index is 920. The average molecular weight is 432 g/mol. The summed E-state index contributed by atoms with van der Waals surface area (Å²) in [5.74, 6) is 1.41. The largest absolute Gasteiger partial charge is 0.320 e. The van der Waals surface area contributed by atoms with Gasteiger partial charge in [-0.25, -0.2) is 4.79 Å². The first-order valence-corrected chi connectivity index (χ1v) is 12.4. The molecular formula is C28H37N3O. The van der Waals surface area contributed by atoms with Crippen LogP contribution in [0.15, 0.2) is 60.7 Å². The van der Waals surface area contributed by atoms with E-state index >= 15 is 0 Å². The molecule has 4 nitrogen and oxygen atoms in total. The third kappa shape index (κ3) is 3.73. The Morgan fingerprint density at radius 1 is 0.938 bits per heavy atom. The molecule has 1 heterocycles. The van der Waals surface area contributed by atoms with E-state index in [0.29, 0.717) is 12.5 Å². The molecule has 32 heavy (non-hydrogen) atoms. The van der Waals surface area contributed by atoms with Gasteiger partial charge < -0.3 is 15.1 Å². The first-order valence-electron chi connectivity index (χ1n) is 12.4. The summed E-state index contributed by atoms with van der Waals surface area (Å²) < 4.78 is 0. The number of hydrogen-bond acceptors (Lipinski definition) is 2. The number of carbonyl (C=O) groups is 1. The molecule has 1 spiro atoms. The topological polar surface area (TPSA) is 35.6 Å². The van der Waals surface area contributed by atoms with Crippen molar-refractivity contribution in [2.75, 3.05) is 20.1 Å². The summed E-state index contributed by atoms with van der Waals surface area (Å²) in [7, 11) is 2.10. The zero-order chi connectivity index (χ0) is 22.2. The van der Waals surface area contributed by atoms with Crippen LogP contribution in [0.25, 0.3) is 0 Å². The van der Waals surface area contributed by atoms with Crippen molar-refractivity contribution in [1.82, 2.24) is 15.1 Å². The maximum atomic E-state index is 13.7. The molecule has 2 amide bonds. The van der Waals surface area contributed by atoms with Gasteiger partial charge >= 0.3 is 6.03 Å². The minimum atomic E-state index is -0.0314.